The summed E-state index contributed by atoms with van der Waals surface area (Å²) < 4.78 is 18.6. The number of hydrogen-bond acceptors (Lipinski definition) is 3. The molecular weight excluding hydrogens is 247 g/mol. The number of ether oxygens (including phenoxy) is 1. The lowest BCUT2D eigenvalue weighted by molar-refractivity contribution is 0.00818. The molecule has 0 unspecified atom stereocenters. The molecule has 1 aromatic rings. The van der Waals surface area contributed by atoms with Gasteiger partial charge in [0, 0.05) is 19.0 Å². The molecule has 0 aromatic heterocycles. The van der Waals surface area contributed by atoms with Crippen LogP contribution in [0.1, 0.15) is 32.3 Å². The Hall–Kier alpha value is -1.78. The van der Waals surface area contributed by atoms with Crippen LogP contribution in [0.3, 0.4) is 0 Å². The minimum atomic E-state index is -0.491. The Kier molecular flexibility index (Phi) is 3.39. The predicted molar refractivity (Wildman–Crippen MR) is 71.4 cm³/mol. The first-order chi connectivity index (χ1) is 8.76. The molecule has 1 aliphatic rings. The van der Waals surface area contributed by atoms with Crippen molar-refractivity contribution in [1.29, 1.82) is 0 Å². The van der Waals surface area contributed by atoms with Gasteiger partial charge >= 0.3 is 6.09 Å². The third-order valence-electron chi connectivity index (χ3n) is 3.03. The summed E-state index contributed by atoms with van der Waals surface area (Å²) in [7, 11) is 0. The maximum absolute atomic E-state index is 13.3. The minimum Gasteiger partial charge on any atom is -0.444 e. The molecule has 0 atom stereocenters. The molecule has 1 saturated heterocycles. The Morgan fingerprint density at radius 2 is 2.05 bits per heavy atom. The molecule has 1 aromatic carbocycles. The zero-order chi connectivity index (χ0) is 14.2. The van der Waals surface area contributed by atoms with E-state index < -0.39 is 11.4 Å². The van der Waals surface area contributed by atoms with Crippen LogP contribution in [-0.4, -0.2) is 29.7 Å². The van der Waals surface area contributed by atoms with Crippen molar-refractivity contribution in [2.75, 3.05) is 18.8 Å². The van der Waals surface area contributed by atoms with Crippen LogP contribution in [0.15, 0.2) is 18.2 Å². The first kappa shape index (κ1) is 13.6. The lowest BCUT2D eigenvalue weighted by Crippen LogP contribution is -2.50. The van der Waals surface area contributed by atoms with Crippen LogP contribution in [0.4, 0.5) is 14.9 Å². The number of rotatable bonds is 1. The number of carbonyl (C=O) groups is 1. The van der Waals surface area contributed by atoms with Crippen LogP contribution < -0.4 is 5.73 Å². The van der Waals surface area contributed by atoms with Gasteiger partial charge in [-0.05, 0) is 38.5 Å². The molecule has 4 nitrogen and oxygen atoms in total. The van der Waals surface area contributed by atoms with Gasteiger partial charge in [-0.2, -0.15) is 0 Å². The van der Waals surface area contributed by atoms with Gasteiger partial charge in [0.25, 0.3) is 0 Å². The second-order valence-corrected chi connectivity index (χ2v) is 5.86. The fraction of sp³-hybridized carbons (Fsp3) is 0.500. The first-order valence-corrected chi connectivity index (χ1v) is 6.29. The minimum absolute atomic E-state index is 0.145. The fourth-order valence-electron chi connectivity index (χ4n) is 1.96. The highest BCUT2D eigenvalue weighted by atomic mass is 19.1. The number of nitrogens with two attached hydrogens (primary N) is 1. The van der Waals surface area contributed by atoms with Crippen molar-refractivity contribution in [2.24, 2.45) is 0 Å². The Bertz CT molecular complexity index is 491. The highest BCUT2D eigenvalue weighted by molar-refractivity contribution is 5.69. The summed E-state index contributed by atoms with van der Waals surface area (Å²) in [6, 6.07) is 4.79. The van der Waals surface area contributed by atoms with Crippen molar-refractivity contribution in [1.82, 2.24) is 4.90 Å². The zero-order valence-corrected chi connectivity index (χ0v) is 11.4. The average molecular weight is 266 g/mol. The van der Waals surface area contributed by atoms with E-state index in [4.69, 9.17) is 10.5 Å². The van der Waals surface area contributed by atoms with E-state index in [9.17, 15) is 9.18 Å². The van der Waals surface area contributed by atoms with E-state index >= 15 is 0 Å². The fourth-order valence-corrected chi connectivity index (χ4v) is 1.96. The van der Waals surface area contributed by atoms with Crippen LogP contribution >= 0.6 is 0 Å². The summed E-state index contributed by atoms with van der Waals surface area (Å²) in [6.07, 6.45) is -0.320. The van der Waals surface area contributed by atoms with Crippen LogP contribution in [0, 0.1) is 5.82 Å². The Morgan fingerprint density at radius 3 is 2.58 bits per heavy atom. The summed E-state index contributed by atoms with van der Waals surface area (Å²) in [5.41, 5.74) is 5.96. The smallest absolute Gasteiger partial charge is 0.410 e. The molecule has 2 rings (SSSR count). The SMILES string of the molecule is CC(C)(C)OC(=O)N1CC(c2ccc(N)c(F)c2)C1. The lowest BCUT2D eigenvalue weighted by Gasteiger charge is -2.40. The van der Waals surface area contributed by atoms with Gasteiger partial charge in [-0.15, -0.1) is 0 Å². The monoisotopic (exact) mass is 266 g/mol. The third kappa shape index (κ3) is 3.16. The Labute approximate surface area is 112 Å². The third-order valence-corrected chi connectivity index (χ3v) is 3.03. The summed E-state index contributed by atoms with van der Waals surface area (Å²) >= 11 is 0. The molecule has 1 aliphatic heterocycles. The number of hydrogen-bond donors (Lipinski definition) is 1. The maximum Gasteiger partial charge on any atom is 0.410 e. The molecule has 1 fully saturated rings. The summed E-state index contributed by atoms with van der Waals surface area (Å²) in [6.45, 7) is 6.60. The van der Waals surface area contributed by atoms with Gasteiger partial charge in [0.1, 0.15) is 11.4 Å². The van der Waals surface area contributed by atoms with Crippen molar-refractivity contribution in [3.05, 3.63) is 29.6 Å². The van der Waals surface area contributed by atoms with Crippen molar-refractivity contribution < 1.29 is 13.9 Å². The molecule has 1 heterocycles. The molecule has 1 amide bonds. The van der Waals surface area contributed by atoms with Crippen molar-refractivity contribution >= 4 is 11.8 Å². The standard InChI is InChI=1S/C14H19FN2O2/c1-14(2,3)19-13(18)17-7-10(8-17)9-4-5-12(16)11(15)6-9/h4-6,10H,7-8,16H2,1-3H3. The molecule has 2 N–H and O–H groups in total. The van der Waals surface area contributed by atoms with E-state index in [0.29, 0.717) is 13.1 Å². The van der Waals surface area contributed by atoms with Crippen LogP contribution in [-0.2, 0) is 4.74 Å². The van der Waals surface area contributed by atoms with Crippen molar-refractivity contribution in [2.45, 2.75) is 32.3 Å². The summed E-state index contributed by atoms with van der Waals surface area (Å²) in [5, 5.41) is 0. The van der Waals surface area contributed by atoms with Crippen LogP contribution in [0.2, 0.25) is 0 Å². The molecule has 0 aliphatic carbocycles. The maximum atomic E-state index is 13.3. The van der Waals surface area contributed by atoms with Gasteiger partial charge in [0.2, 0.25) is 0 Å². The van der Waals surface area contributed by atoms with E-state index in [-0.39, 0.29) is 17.7 Å². The Morgan fingerprint density at radius 1 is 1.42 bits per heavy atom. The van der Waals surface area contributed by atoms with E-state index in [1.54, 1.807) is 17.0 Å². The van der Waals surface area contributed by atoms with E-state index in [1.807, 2.05) is 20.8 Å². The largest absolute Gasteiger partial charge is 0.444 e. The molecule has 0 saturated carbocycles. The normalized spacial score (nSPS) is 16.1. The highest BCUT2D eigenvalue weighted by Crippen LogP contribution is 2.29. The van der Waals surface area contributed by atoms with Gasteiger partial charge in [-0.25, -0.2) is 9.18 Å². The van der Waals surface area contributed by atoms with Gasteiger partial charge in [0.05, 0.1) is 5.69 Å². The number of carbonyl (C=O) groups excluding carboxylic acids is 1. The number of nitrogen functional groups attached to an aromatic ring is 1. The molecule has 0 radical (unpaired) electrons. The second-order valence-electron chi connectivity index (χ2n) is 5.86. The summed E-state index contributed by atoms with van der Waals surface area (Å²) in [5.74, 6) is -0.254. The number of likely N-dealkylation sites (tertiary alicyclic amines) is 1. The average Bonchev–Trinajstić information content (AvgIpc) is 2.18. The van der Waals surface area contributed by atoms with Crippen molar-refractivity contribution in [3.63, 3.8) is 0 Å². The van der Waals surface area contributed by atoms with Gasteiger partial charge in [0.15, 0.2) is 0 Å². The van der Waals surface area contributed by atoms with Gasteiger partial charge in [-0.3, -0.25) is 0 Å². The molecule has 19 heavy (non-hydrogen) atoms. The zero-order valence-electron chi connectivity index (χ0n) is 11.4. The molecule has 0 spiro atoms. The number of amides is 1. The molecule has 104 valence electrons. The molecular formula is C14H19FN2O2. The first-order valence-electron chi connectivity index (χ1n) is 6.29. The second kappa shape index (κ2) is 4.72. The number of anilines is 1. The number of halogens is 1. The van der Waals surface area contributed by atoms with Crippen molar-refractivity contribution in [3.8, 4) is 0 Å². The highest BCUT2D eigenvalue weighted by Gasteiger charge is 2.34. The quantitative estimate of drug-likeness (QED) is 0.795. The van der Waals surface area contributed by atoms with Gasteiger partial charge in [-0.1, -0.05) is 6.07 Å². The van der Waals surface area contributed by atoms with E-state index in [1.165, 1.54) is 6.07 Å². The van der Waals surface area contributed by atoms with Crippen LogP contribution in [0.5, 0.6) is 0 Å². The lowest BCUT2D eigenvalue weighted by atomic mass is 9.91. The molecule has 0 bridgehead atoms. The summed E-state index contributed by atoms with van der Waals surface area (Å²) in [4.78, 5) is 13.4. The predicted octanol–water partition coefficient (Wildman–Crippen LogP) is 2.74. The Balaban J connectivity index is 1.92. The molecule has 5 heteroatoms. The van der Waals surface area contributed by atoms with E-state index in [0.717, 1.165) is 5.56 Å². The number of nitrogens with zero attached hydrogens (tertiary/aromatic N) is 1. The number of benzene rings is 1. The van der Waals surface area contributed by atoms with Crippen LogP contribution in [0.25, 0.3) is 0 Å². The van der Waals surface area contributed by atoms with E-state index in [2.05, 4.69) is 0 Å². The topological polar surface area (TPSA) is 55.6 Å². The van der Waals surface area contributed by atoms with Gasteiger partial charge < -0.3 is 15.4 Å².